The Morgan fingerprint density at radius 1 is 0.400 bits per heavy atom. The van der Waals surface area contributed by atoms with Gasteiger partial charge in [-0.15, -0.1) is 0 Å². The van der Waals surface area contributed by atoms with Gasteiger partial charge in [0.2, 0.25) is 0 Å². The standard InChI is InChI=1S/C14H30.K/c1-3-5-7-9-11-13-14-12-10-8-6-4-2;/h3-14H2,1-2H3;. The Morgan fingerprint density at radius 3 is 0.800 bits per heavy atom. The van der Waals surface area contributed by atoms with Gasteiger partial charge in [-0.3, -0.25) is 0 Å². The van der Waals surface area contributed by atoms with Crippen LogP contribution in [0.15, 0.2) is 0 Å². The van der Waals surface area contributed by atoms with Gasteiger partial charge in [-0.2, -0.15) is 0 Å². The number of unbranched alkanes of at least 4 members (excludes halogenated alkanes) is 11. The van der Waals surface area contributed by atoms with Crippen LogP contribution in [-0.2, 0) is 0 Å². The third kappa shape index (κ3) is 18.2. The fraction of sp³-hybridized carbons (Fsp3) is 1.00. The number of hydrogen-bond acceptors (Lipinski definition) is 0. The van der Waals surface area contributed by atoms with Crippen LogP contribution in [-0.4, -0.2) is 51.4 Å². The second-order valence-electron chi connectivity index (χ2n) is 4.54. The predicted molar refractivity (Wildman–Crippen MR) is 72.5 cm³/mol. The monoisotopic (exact) mass is 237 g/mol. The molecular formula is C14H30K. The first-order chi connectivity index (χ1) is 6.91. The van der Waals surface area contributed by atoms with Crippen molar-refractivity contribution in [3.8, 4) is 0 Å². The molecule has 0 saturated carbocycles. The van der Waals surface area contributed by atoms with Crippen molar-refractivity contribution >= 4 is 51.4 Å². The maximum atomic E-state index is 2.29. The van der Waals surface area contributed by atoms with Crippen LogP contribution in [0.3, 0.4) is 0 Å². The molecule has 0 aliphatic heterocycles. The fourth-order valence-electron chi connectivity index (χ4n) is 1.91. The molecule has 0 amide bonds. The molecular weight excluding hydrogens is 207 g/mol. The van der Waals surface area contributed by atoms with Gasteiger partial charge in [0, 0.05) is 51.4 Å². The van der Waals surface area contributed by atoms with Crippen molar-refractivity contribution < 1.29 is 0 Å². The van der Waals surface area contributed by atoms with Gasteiger partial charge < -0.3 is 0 Å². The Kier molecular flexibility index (Phi) is 22.8. The van der Waals surface area contributed by atoms with Crippen molar-refractivity contribution in [3.63, 3.8) is 0 Å². The van der Waals surface area contributed by atoms with Gasteiger partial charge in [0.05, 0.1) is 0 Å². The van der Waals surface area contributed by atoms with Crippen LogP contribution in [0.5, 0.6) is 0 Å². The molecule has 0 aromatic heterocycles. The molecule has 0 rings (SSSR count). The SMILES string of the molecule is CCCCCCCCCCCCCC.[K]. The second-order valence-corrected chi connectivity index (χ2v) is 4.54. The van der Waals surface area contributed by atoms with E-state index in [1.165, 1.54) is 77.0 Å². The molecule has 0 saturated heterocycles. The molecule has 0 spiro atoms. The van der Waals surface area contributed by atoms with Gasteiger partial charge in [0.1, 0.15) is 0 Å². The Hall–Kier alpha value is 1.64. The zero-order valence-electron chi connectivity index (χ0n) is 11.5. The van der Waals surface area contributed by atoms with Crippen LogP contribution in [0, 0.1) is 0 Å². The predicted octanol–water partition coefficient (Wildman–Crippen LogP) is 5.33. The van der Waals surface area contributed by atoms with Crippen molar-refractivity contribution in [1.82, 2.24) is 0 Å². The van der Waals surface area contributed by atoms with Crippen LogP contribution in [0.2, 0.25) is 0 Å². The van der Waals surface area contributed by atoms with E-state index >= 15 is 0 Å². The van der Waals surface area contributed by atoms with Crippen LogP contribution in [0.1, 0.15) is 90.9 Å². The van der Waals surface area contributed by atoms with Crippen LogP contribution in [0.25, 0.3) is 0 Å². The summed E-state index contributed by atoms with van der Waals surface area (Å²) in [5.74, 6) is 0. The molecule has 0 N–H and O–H groups in total. The maximum absolute atomic E-state index is 2.29. The molecule has 0 aromatic carbocycles. The Bertz CT molecular complexity index is 79.3. The maximum Gasteiger partial charge on any atom is 0 e. The average Bonchev–Trinajstić information content (AvgIpc) is 2.21. The summed E-state index contributed by atoms with van der Waals surface area (Å²) >= 11 is 0. The van der Waals surface area contributed by atoms with E-state index < -0.39 is 0 Å². The van der Waals surface area contributed by atoms with E-state index in [4.69, 9.17) is 0 Å². The van der Waals surface area contributed by atoms with Crippen molar-refractivity contribution in [2.24, 2.45) is 0 Å². The minimum atomic E-state index is 0. The first-order valence-corrected chi connectivity index (χ1v) is 6.91. The molecule has 0 bridgehead atoms. The Morgan fingerprint density at radius 2 is 0.600 bits per heavy atom. The first-order valence-electron chi connectivity index (χ1n) is 6.91. The van der Waals surface area contributed by atoms with E-state index in [-0.39, 0.29) is 51.4 Å². The molecule has 0 fully saturated rings. The summed E-state index contributed by atoms with van der Waals surface area (Å²) in [7, 11) is 0. The van der Waals surface area contributed by atoms with E-state index in [2.05, 4.69) is 13.8 Å². The van der Waals surface area contributed by atoms with E-state index in [1.807, 2.05) is 0 Å². The molecule has 87 valence electrons. The minimum Gasteiger partial charge on any atom is -0.0654 e. The fourth-order valence-corrected chi connectivity index (χ4v) is 1.91. The van der Waals surface area contributed by atoms with Gasteiger partial charge in [-0.25, -0.2) is 0 Å². The molecule has 1 heteroatoms. The first kappa shape index (κ1) is 19.0. The third-order valence-electron chi connectivity index (χ3n) is 2.96. The van der Waals surface area contributed by atoms with Crippen LogP contribution in [0.4, 0.5) is 0 Å². The summed E-state index contributed by atoms with van der Waals surface area (Å²) in [6.45, 7) is 4.57. The number of hydrogen-bond donors (Lipinski definition) is 0. The molecule has 15 heavy (non-hydrogen) atoms. The molecule has 0 aliphatic carbocycles. The molecule has 0 nitrogen and oxygen atoms in total. The molecule has 0 aromatic rings. The molecule has 1 radical (unpaired) electrons. The zero-order valence-corrected chi connectivity index (χ0v) is 14.6. The third-order valence-corrected chi connectivity index (χ3v) is 2.96. The molecule has 0 unspecified atom stereocenters. The smallest absolute Gasteiger partial charge is 0 e. The summed E-state index contributed by atoms with van der Waals surface area (Å²) in [6, 6.07) is 0. The van der Waals surface area contributed by atoms with Crippen LogP contribution >= 0.6 is 0 Å². The quantitative estimate of drug-likeness (QED) is 0.337. The topological polar surface area (TPSA) is 0 Å². The minimum absolute atomic E-state index is 0. The Balaban J connectivity index is 0. The summed E-state index contributed by atoms with van der Waals surface area (Å²) in [4.78, 5) is 0. The zero-order chi connectivity index (χ0) is 10.5. The summed E-state index contributed by atoms with van der Waals surface area (Å²) in [5.41, 5.74) is 0. The second kappa shape index (κ2) is 18.0. The molecule has 0 atom stereocenters. The van der Waals surface area contributed by atoms with Gasteiger partial charge in [-0.05, 0) is 0 Å². The summed E-state index contributed by atoms with van der Waals surface area (Å²) in [6.07, 6.45) is 17.4. The van der Waals surface area contributed by atoms with E-state index in [1.54, 1.807) is 0 Å². The molecule has 0 heterocycles. The van der Waals surface area contributed by atoms with Crippen molar-refractivity contribution in [3.05, 3.63) is 0 Å². The van der Waals surface area contributed by atoms with E-state index in [0.29, 0.717) is 0 Å². The van der Waals surface area contributed by atoms with E-state index in [9.17, 15) is 0 Å². The van der Waals surface area contributed by atoms with Gasteiger partial charge in [0.15, 0.2) is 0 Å². The van der Waals surface area contributed by atoms with E-state index in [0.717, 1.165) is 0 Å². The van der Waals surface area contributed by atoms with Gasteiger partial charge in [0.25, 0.3) is 0 Å². The van der Waals surface area contributed by atoms with Crippen molar-refractivity contribution in [1.29, 1.82) is 0 Å². The summed E-state index contributed by atoms with van der Waals surface area (Å²) < 4.78 is 0. The van der Waals surface area contributed by atoms with Crippen molar-refractivity contribution in [2.45, 2.75) is 90.9 Å². The summed E-state index contributed by atoms with van der Waals surface area (Å²) in [5, 5.41) is 0. The van der Waals surface area contributed by atoms with Gasteiger partial charge in [-0.1, -0.05) is 90.9 Å². The number of rotatable bonds is 11. The van der Waals surface area contributed by atoms with Gasteiger partial charge >= 0.3 is 0 Å². The Labute approximate surface area is 140 Å². The van der Waals surface area contributed by atoms with Crippen molar-refractivity contribution in [2.75, 3.05) is 0 Å². The average molecular weight is 237 g/mol. The normalized spacial score (nSPS) is 10.0. The van der Waals surface area contributed by atoms with Crippen LogP contribution < -0.4 is 0 Å². The molecule has 0 aliphatic rings. The largest absolute Gasteiger partial charge is 0.0654 e.